The molecule has 3 aromatic rings. The van der Waals surface area contributed by atoms with Crippen molar-refractivity contribution in [3.8, 4) is 5.69 Å². The number of aliphatic hydroxyl groups is 1. The van der Waals surface area contributed by atoms with Gasteiger partial charge in [-0.3, -0.25) is 0 Å². The normalized spacial score (nSPS) is 24.6. The predicted molar refractivity (Wildman–Crippen MR) is 122 cm³/mol. The van der Waals surface area contributed by atoms with E-state index >= 15 is 0 Å². The van der Waals surface area contributed by atoms with Crippen molar-refractivity contribution in [2.75, 3.05) is 0 Å². The summed E-state index contributed by atoms with van der Waals surface area (Å²) in [6, 6.07) is 15.0. The van der Waals surface area contributed by atoms with E-state index in [9.17, 15) is 9.50 Å². The van der Waals surface area contributed by atoms with Crippen LogP contribution in [-0.2, 0) is 19.3 Å². The molecular weight excluding hydrogens is 387 g/mol. The summed E-state index contributed by atoms with van der Waals surface area (Å²) in [6.07, 6.45) is 9.26. The van der Waals surface area contributed by atoms with Crippen molar-refractivity contribution in [2.45, 2.75) is 58.0 Å². The molecule has 2 aliphatic rings. The second-order valence-corrected chi connectivity index (χ2v) is 9.28. The van der Waals surface area contributed by atoms with Crippen molar-refractivity contribution >= 4 is 6.08 Å². The Morgan fingerprint density at radius 3 is 2.58 bits per heavy atom. The third-order valence-electron chi connectivity index (χ3n) is 7.66. The molecule has 2 aliphatic carbocycles. The van der Waals surface area contributed by atoms with Gasteiger partial charge >= 0.3 is 0 Å². The van der Waals surface area contributed by atoms with Crippen molar-refractivity contribution in [1.82, 2.24) is 9.78 Å². The van der Waals surface area contributed by atoms with Gasteiger partial charge in [-0.1, -0.05) is 43.7 Å². The Bertz CT molecular complexity index is 1150. The molecule has 1 N–H and O–H groups in total. The van der Waals surface area contributed by atoms with E-state index in [2.05, 4.69) is 49.3 Å². The molecule has 0 aliphatic heterocycles. The highest BCUT2D eigenvalue weighted by Gasteiger charge is 2.54. The first-order chi connectivity index (χ1) is 14.9. The summed E-state index contributed by atoms with van der Waals surface area (Å²) in [5, 5.41) is 16.4. The number of hydrogen-bond donors (Lipinski definition) is 1. The van der Waals surface area contributed by atoms with Crippen molar-refractivity contribution in [2.24, 2.45) is 5.41 Å². The molecule has 3 nitrogen and oxygen atoms in total. The number of nitrogens with zero attached hydrogens (tertiary/aromatic N) is 2. The van der Waals surface area contributed by atoms with Gasteiger partial charge in [-0.05, 0) is 85.6 Å². The quantitative estimate of drug-likeness (QED) is 0.581. The third-order valence-corrected chi connectivity index (χ3v) is 7.66. The summed E-state index contributed by atoms with van der Waals surface area (Å²) in [5.41, 5.74) is 6.07. The highest BCUT2D eigenvalue weighted by molar-refractivity contribution is 5.62. The first kappa shape index (κ1) is 20.2. The number of benzene rings is 2. The Morgan fingerprint density at radius 1 is 1.10 bits per heavy atom. The fourth-order valence-electron chi connectivity index (χ4n) is 5.61. The van der Waals surface area contributed by atoms with Crippen LogP contribution in [0.3, 0.4) is 0 Å². The number of aromatic nitrogens is 2. The van der Waals surface area contributed by atoms with Gasteiger partial charge < -0.3 is 5.11 Å². The number of halogens is 1. The van der Waals surface area contributed by atoms with Gasteiger partial charge in [0.25, 0.3) is 0 Å². The van der Waals surface area contributed by atoms with Crippen LogP contribution in [0.2, 0.25) is 0 Å². The minimum absolute atomic E-state index is 0.249. The highest BCUT2D eigenvalue weighted by Crippen LogP contribution is 2.56. The lowest BCUT2D eigenvalue weighted by molar-refractivity contribution is -0.0461. The van der Waals surface area contributed by atoms with Crippen molar-refractivity contribution < 1.29 is 9.50 Å². The molecule has 0 amide bonds. The molecule has 1 fully saturated rings. The maximum absolute atomic E-state index is 13.4. The summed E-state index contributed by atoms with van der Waals surface area (Å²) >= 11 is 0. The Labute approximate surface area is 183 Å². The average molecular weight is 417 g/mol. The monoisotopic (exact) mass is 416 g/mol. The molecule has 2 atom stereocenters. The minimum atomic E-state index is -0.727. The van der Waals surface area contributed by atoms with Crippen molar-refractivity contribution in [3.05, 3.63) is 88.5 Å². The lowest BCUT2D eigenvalue weighted by Crippen LogP contribution is -2.45. The van der Waals surface area contributed by atoms with E-state index in [-0.39, 0.29) is 11.2 Å². The summed E-state index contributed by atoms with van der Waals surface area (Å²) in [5.74, 6) is -0.249. The highest BCUT2D eigenvalue weighted by atomic mass is 19.1. The Hall–Kier alpha value is -2.72. The van der Waals surface area contributed by atoms with E-state index in [1.807, 2.05) is 10.9 Å². The van der Waals surface area contributed by atoms with E-state index in [1.165, 1.54) is 28.8 Å². The van der Waals surface area contributed by atoms with Gasteiger partial charge in [0, 0.05) is 5.41 Å². The van der Waals surface area contributed by atoms with E-state index in [0.29, 0.717) is 0 Å². The first-order valence-electron chi connectivity index (χ1n) is 11.3. The molecule has 2 aromatic carbocycles. The van der Waals surface area contributed by atoms with Gasteiger partial charge in [0.2, 0.25) is 0 Å². The first-order valence-corrected chi connectivity index (χ1v) is 11.3. The predicted octanol–water partition coefficient (Wildman–Crippen LogP) is 5.68. The zero-order valence-corrected chi connectivity index (χ0v) is 18.2. The molecule has 0 bridgehead atoms. The van der Waals surface area contributed by atoms with Crippen molar-refractivity contribution in [1.29, 1.82) is 0 Å². The van der Waals surface area contributed by atoms with Crippen molar-refractivity contribution in [3.63, 3.8) is 0 Å². The van der Waals surface area contributed by atoms with Gasteiger partial charge in [-0.2, -0.15) is 5.10 Å². The number of fused-ring (bicyclic) bond motifs is 2. The molecule has 5 rings (SSSR count). The maximum atomic E-state index is 13.4. The Kier molecular flexibility index (Phi) is 4.86. The summed E-state index contributed by atoms with van der Waals surface area (Å²) in [7, 11) is 0. The van der Waals surface area contributed by atoms with Crippen LogP contribution in [0.4, 0.5) is 4.39 Å². The molecule has 0 spiro atoms. The fourth-order valence-corrected chi connectivity index (χ4v) is 5.61. The second kappa shape index (κ2) is 7.45. The minimum Gasteiger partial charge on any atom is -0.389 e. The third kappa shape index (κ3) is 3.25. The van der Waals surface area contributed by atoms with E-state index in [1.54, 1.807) is 12.1 Å². The number of rotatable bonds is 5. The summed E-state index contributed by atoms with van der Waals surface area (Å²) in [6.45, 7) is 4.41. The number of hydrogen-bond acceptors (Lipinski definition) is 2. The maximum Gasteiger partial charge on any atom is 0.123 e. The van der Waals surface area contributed by atoms with Crippen LogP contribution in [0.5, 0.6) is 0 Å². The molecule has 160 valence electrons. The van der Waals surface area contributed by atoms with Gasteiger partial charge in [0.1, 0.15) is 5.82 Å². The standard InChI is InChI=1S/C27H29FN2O/c1-3-19-6-4-5-7-20(19)12-14-27(31)15-13-22-16-25-21(17-26(22,27)2)18-29-30(25)24-10-8-23(28)9-11-24/h4-11,16,18,31H,3,12-15,17H2,1-2H3/t26-,27-/m0/s1. The van der Waals surface area contributed by atoms with Crippen LogP contribution in [-0.4, -0.2) is 20.5 Å². The lowest BCUT2D eigenvalue weighted by atomic mass is 9.65. The molecule has 0 saturated heterocycles. The molecule has 4 heteroatoms. The Balaban J connectivity index is 1.44. The second-order valence-electron chi connectivity index (χ2n) is 9.28. The van der Waals surface area contributed by atoms with Gasteiger partial charge in [0.15, 0.2) is 0 Å². The number of aryl methyl sites for hydroxylation is 2. The summed E-state index contributed by atoms with van der Waals surface area (Å²) in [4.78, 5) is 0. The zero-order chi connectivity index (χ0) is 21.6. The van der Waals surface area contributed by atoms with Crippen LogP contribution in [0.25, 0.3) is 11.8 Å². The van der Waals surface area contributed by atoms with Crippen LogP contribution in [0, 0.1) is 11.2 Å². The van der Waals surface area contributed by atoms with Crippen LogP contribution in [0.1, 0.15) is 55.5 Å². The van der Waals surface area contributed by atoms with E-state index in [0.717, 1.165) is 55.5 Å². The van der Waals surface area contributed by atoms with Crippen LogP contribution >= 0.6 is 0 Å². The molecule has 1 aromatic heterocycles. The molecule has 1 heterocycles. The van der Waals surface area contributed by atoms with Gasteiger partial charge in [-0.25, -0.2) is 9.07 Å². The molecule has 31 heavy (non-hydrogen) atoms. The van der Waals surface area contributed by atoms with E-state index in [4.69, 9.17) is 0 Å². The topological polar surface area (TPSA) is 38.1 Å². The van der Waals surface area contributed by atoms with Gasteiger partial charge in [0.05, 0.1) is 23.2 Å². The van der Waals surface area contributed by atoms with E-state index < -0.39 is 5.60 Å². The Morgan fingerprint density at radius 2 is 1.84 bits per heavy atom. The molecule has 1 saturated carbocycles. The summed E-state index contributed by atoms with van der Waals surface area (Å²) < 4.78 is 15.2. The van der Waals surface area contributed by atoms with Crippen LogP contribution in [0.15, 0.2) is 60.3 Å². The lowest BCUT2D eigenvalue weighted by Gasteiger charge is -2.42. The molecule has 0 radical (unpaired) electrons. The fraction of sp³-hybridized carbons (Fsp3) is 0.370. The smallest absolute Gasteiger partial charge is 0.123 e. The average Bonchev–Trinajstić information content (AvgIpc) is 3.29. The zero-order valence-electron chi connectivity index (χ0n) is 18.2. The van der Waals surface area contributed by atoms with Crippen LogP contribution < -0.4 is 0 Å². The SMILES string of the molecule is CCc1ccccc1CC[C@]1(O)CCC2=Cc3c(cnn3-c3ccc(F)cc3)C[C@@]21C. The van der Waals surface area contributed by atoms with Gasteiger partial charge in [-0.15, -0.1) is 0 Å². The largest absolute Gasteiger partial charge is 0.389 e. The molecular formula is C27H29FN2O. The molecule has 0 unspecified atom stereocenters.